The van der Waals surface area contributed by atoms with Crippen molar-refractivity contribution in [3.8, 4) is 0 Å². The smallest absolute Gasteiger partial charge is 0.307 e. The lowest BCUT2D eigenvalue weighted by atomic mass is 9.82. The number of pyridine rings is 1. The minimum absolute atomic E-state index is 0.000319. The van der Waals surface area contributed by atoms with Crippen LogP contribution in [0.15, 0.2) is 30.4 Å². The van der Waals surface area contributed by atoms with Crippen molar-refractivity contribution >= 4 is 11.9 Å². The maximum absolute atomic E-state index is 12.4. The summed E-state index contributed by atoms with van der Waals surface area (Å²) in [6.45, 7) is 2.23. The third-order valence-electron chi connectivity index (χ3n) is 4.44. The van der Waals surface area contributed by atoms with Gasteiger partial charge in [-0.05, 0) is 37.3 Å². The molecule has 3 rings (SSSR count). The monoisotopic (exact) mass is 286 g/mol. The molecule has 2 aliphatic carbocycles. The molecule has 0 aliphatic heterocycles. The molecular formula is C16H18N2O3. The van der Waals surface area contributed by atoms with Gasteiger partial charge < -0.3 is 10.4 Å². The van der Waals surface area contributed by atoms with Crippen LogP contribution < -0.4 is 5.32 Å². The summed E-state index contributed by atoms with van der Waals surface area (Å²) < 4.78 is 0. The Balaban J connectivity index is 1.68. The zero-order valence-electron chi connectivity index (χ0n) is 11.8. The molecule has 1 aromatic rings. The summed E-state index contributed by atoms with van der Waals surface area (Å²) in [4.78, 5) is 28.1. The summed E-state index contributed by atoms with van der Waals surface area (Å²) in [5, 5.41) is 12.2. The number of amides is 1. The first-order valence-electron chi connectivity index (χ1n) is 7.17. The van der Waals surface area contributed by atoms with Crippen molar-refractivity contribution in [1.29, 1.82) is 0 Å². The van der Waals surface area contributed by atoms with Gasteiger partial charge in [-0.15, -0.1) is 0 Å². The van der Waals surface area contributed by atoms with Crippen molar-refractivity contribution in [2.75, 3.05) is 0 Å². The van der Waals surface area contributed by atoms with Gasteiger partial charge in [-0.3, -0.25) is 14.6 Å². The van der Waals surface area contributed by atoms with Gasteiger partial charge in [0.15, 0.2) is 0 Å². The minimum atomic E-state index is -0.874. The van der Waals surface area contributed by atoms with Crippen molar-refractivity contribution in [3.05, 3.63) is 41.7 Å². The fourth-order valence-electron chi connectivity index (χ4n) is 3.51. The van der Waals surface area contributed by atoms with E-state index < -0.39 is 17.8 Å². The number of aryl methyl sites for hydroxylation is 1. The van der Waals surface area contributed by atoms with Gasteiger partial charge in [0.05, 0.1) is 24.1 Å². The van der Waals surface area contributed by atoms with E-state index in [1.54, 1.807) is 0 Å². The second-order valence-electron chi connectivity index (χ2n) is 5.83. The summed E-state index contributed by atoms with van der Waals surface area (Å²) in [5.41, 5.74) is 1.68. The summed E-state index contributed by atoms with van der Waals surface area (Å²) in [7, 11) is 0. The molecule has 1 aromatic heterocycles. The Morgan fingerprint density at radius 1 is 1.29 bits per heavy atom. The standard InChI is InChI=1S/C16H18N2O3/c1-9-3-2-4-12(18-9)8-17-15(19)13-10-5-6-11(7-10)14(13)16(20)21/h2-6,10-11,13-14H,7-8H2,1H3,(H,17,19)(H,20,21). The first-order chi connectivity index (χ1) is 10.1. The summed E-state index contributed by atoms with van der Waals surface area (Å²) >= 11 is 0. The van der Waals surface area contributed by atoms with E-state index in [1.807, 2.05) is 37.3 Å². The van der Waals surface area contributed by atoms with Gasteiger partial charge in [-0.1, -0.05) is 18.2 Å². The van der Waals surface area contributed by atoms with E-state index in [-0.39, 0.29) is 17.7 Å². The van der Waals surface area contributed by atoms with Crippen molar-refractivity contribution in [2.24, 2.45) is 23.7 Å². The lowest BCUT2D eigenvalue weighted by Crippen LogP contribution is -2.40. The van der Waals surface area contributed by atoms with Crippen LogP contribution in [0.25, 0.3) is 0 Å². The van der Waals surface area contributed by atoms with Crippen molar-refractivity contribution in [2.45, 2.75) is 19.9 Å². The molecule has 110 valence electrons. The number of carbonyl (C=O) groups excluding carboxylic acids is 1. The van der Waals surface area contributed by atoms with Crippen LogP contribution in [-0.4, -0.2) is 22.0 Å². The van der Waals surface area contributed by atoms with E-state index in [4.69, 9.17) is 0 Å². The van der Waals surface area contributed by atoms with Gasteiger partial charge in [-0.25, -0.2) is 0 Å². The Kier molecular flexibility index (Phi) is 3.49. The van der Waals surface area contributed by atoms with Gasteiger partial charge in [-0.2, -0.15) is 0 Å². The molecule has 5 nitrogen and oxygen atoms in total. The van der Waals surface area contributed by atoms with Crippen LogP contribution in [0.5, 0.6) is 0 Å². The molecule has 4 unspecified atom stereocenters. The van der Waals surface area contributed by atoms with Crippen molar-refractivity contribution < 1.29 is 14.7 Å². The zero-order valence-corrected chi connectivity index (χ0v) is 11.8. The number of rotatable bonds is 4. The van der Waals surface area contributed by atoms with E-state index in [0.717, 1.165) is 17.8 Å². The molecule has 2 bridgehead atoms. The first-order valence-corrected chi connectivity index (χ1v) is 7.17. The number of carbonyl (C=O) groups is 2. The van der Waals surface area contributed by atoms with Gasteiger partial charge in [0, 0.05) is 5.69 Å². The van der Waals surface area contributed by atoms with Crippen LogP contribution in [0.1, 0.15) is 17.8 Å². The molecule has 2 aliphatic rings. The fourth-order valence-corrected chi connectivity index (χ4v) is 3.51. The SMILES string of the molecule is Cc1cccc(CNC(=O)C2C3C=CC(C3)C2C(=O)O)n1. The first kappa shape index (κ1) is 13.8. The predicted molar refractivity (Wildman–Crippen MR) is 76.2 cm³/mol. The Morgan fingerprint density at radius 3 is 2.67 bits per heavy atom. The summed E-state index contributed by atoms with van der Waals surface area (Å²) in [5.74, 6) is -2.04. The number of carboxylic acids is 1. The summed E-state index contributed by atoms with van der Waals surface area (Å²) in [6.07, 6.45) is 4.70. The third kappa shape index (κ3) is 2.55. The van der Waals surface area contributed by atoms with Crippen molar-refractivity contribution in [1.82, 2.24) is 10.3 Å². The molecule has 0 radical (unpaired) electrons. The molecule has 5 heteroatoms. The van der Waals surface area contributed by atoms with Gasteiger partial charge in [0.25, 0.3) is 0 Å². The van der Waals surface area contributed by atoms with Crippen LogP contribution in [0.3, 0.4) is 0 Å². The predicted octanol–water partition coefficient (Wildman–Crippen LogP) is 1.53. The van der Waals surface area contributed by atoms with Crippen LogP contribution in [0, 0.1) is 30.6 Å². The quantitative estimate of drug-likeness (QED) is 0.823. The molecule has 0 saturated heterocycles. The van der Waals surface area contributed by atoms with E-state index >= 15 is 0 Å². The highest BCUT2D eigenvalue weighted by molar-refractivity contribution is 5.86. The second-order valence-corrected chi connectivity index (χ2v) is 5.83. The molecule has 1 amide bonds. The highest BCUT2D eigenvalue weighted by Crippen LogP contribution is 2.48. The number of nitrogens with one attached hydrogen (secondary N) is 1. The number of allylic oxidation sites excluding steroid dienone is 2. The van der Waals surface area contributed by atoms with Gasteiger partial charge in [0.2, 0.25) is 5.91 Å². The van der Waals surface area contributed by atoms with E-state index in [1.165, 1.54) is 0 Å². The van der Waals surface area contributed by atoms with Crippen LogP contribution in [0.2, 0.25) is 0 Å². The number of hydrogen-bond acceptors (Lipinski definition) is 3. The molecule has 2 N–H and O–H groups in total. The number of fused-ring (bicyclic) bond motifs is 2. The molecule has 0 aromatic carbocycles. The molecule has 21 heavy (non-hydrogen) atoms. The second kappa shape index (κ2) is 5.31. The van der Waals surface area contributed by atoms with Gasteiger partial charge >= 0.3 is 5.97 Å². The molecular weight excluding hydrogens is 268 g/mol. The zero-order chi connectivity index (χ0) is 15.0. The van der Waals surface area contributed by atoms with E-state index in [2.05, 4.69) is 10.3 Å². The average Bonchev–Trinajstić information content (AvgIpc) is 3.05. The largest absolute Gasteiger partial charge is 0.481 e. The number of aliphatic carboxylic acids is 1. The minimum Gasteiger partial charge on any atom is -0.481 e. The normalized spacial score (nSPS) is 29.6. The highest BCUT2D eigenvalue weighted by atomic mass is 16.4. The Hall–Kier alpha value is -2.17. The van der Waals surface area contributed by atoms with Crippen molar-refractivity contribution in [3.63, 3.8) is 0 Å². The highest BCUT2D eigenvalue weighted by Gasteiger charge is 2.51. The van der Waals surface area contributed by atoms with Crippen LogP contribution >= 0.6 is 0 Å². The Morgan fingerprint density at radius 2 is 2.00 bits per heavy atom. The molecule has 1 heterocycles. The maximum Gasteiger partial charge on any atom is 0.307 e. The number of hydrogen-bond donors (Lipinski definition) is 2. The van der Waals surface area contributed by atoms with E-state index in [0.29, 0.717) is 6.54 Å². The summed E-state index contributed by atoms with van der Waals surface area (Å²) in [6, 6.07) is 5.64. The lowest BCUT2D eigenvalue weighted by molar-refractivity contribution is -0.147. The Bertz CT molecular complexity index is 611. The maximum atomic E-state index is 12.4. The van der Waals surface area contributed by atoms with Gasteiger partial charge in [0.1, 0.15) is 0 Å². The lowest BCUT2D eigenvalue weighted by Gasteiger charge is -2.23. The number of nitrogens with zero attached hydrogens (tertiary/aromatic N) is 1. The topological polar surface area (TPSA) is 79.3 Å². The van der Waals surface area contributed by atoms with Crippen LogP contribution in [0.4, 0.5) is 0 Å². The molecule has 1 fully saturated rings. The Labute approximate surface area is 123 Å². The van der Waals surface area contributed by atoms with E-state index in [9.17, 15) is 14.7 Å². The molecule has 1 saturated carbocycles. The number of aromatic nitrogens is 1. The number of carboxylic acid groups (broad SMARTS) is 1. The third-order valence-corrected chi connectivity index (χ3v) is 4.44. The average molecular weight is 286 g/mol. The van der Waals surface area contributed by atoms with Crippen LogP contribution in [-0.2, 0) is 16.1 Å². The molecule has 4 atom stereocenters. The fraction of sp³-hybridized carbons (Fsp3) is 0.438. The molecule has 0 spiro atoms.